The molecular weight excluding hydrogens is 557 g/mol. The minimum Gasteiger partial charge on any atom is -0.296 e. The molecule has 42 heavy (non-hydrogen) atoms. The summed E-state index contributed by atoms with van der Waals surface area (Å²) in [7, 11) is 0. The van der Waals surface area contributed by atoms with Crippen LogP contribution in [0.25, 0.3) is 43.1 Å². The van der Waals surface area contributed by atoms with E-state index in [1.54, 1.807) is 0 Å². The smallest absolute Gasteiger partial charge is 0.259 e. The van der Waals surface area contributed by atoms with Crippen molar-refractivity contribution in [1.29, 1.82) is 0 Å². The maximum Gasteiger partial charge on any atom is 0.259 e. The largest absolute Gasteiger partial charge is 0.296 e. The predicted molar refractivity (Wildman–Crippen MR) is 181 cm³/mol. The number of carbonyl (C=O) groups excluding carboxylic acids is 2. The summed E-state index contributed by atoms with van der Waals surface area (Å²) in [5.74, 6) is -0.0202. The van der Waals surface area contributed by atoms with Crippen molar-refractivity contribution in [3.63, 3.8) is 0 Å². The van der Waals surface area contributed by atoms with Crippen molar-refractivity contribution in [1.82, 2.24) is 9.80 Å². The van der Waals surface area contributed by atoms with Gasteiger partial charge in [-0.25, -0.2) is 0 Å². The second kappa shape index (κ2) is 10.1. The van der Waals surface area contributed by atoms with E-state index in [9.17, 15) is 9.59 Å². The van der Waals surface area contributed by atoms with E-state index in [-0.39, 0.29) is 23.9 Å². The fourth-order valence-corrected chi connectivity index (χ4v) is 8.23. The highest BCUT2D eigenvalue weighted by Gasteiger charge is 2.36. The quantitative estimate of drug-likeness (QED) is 0.103. The zero-order chi connectivity index (χ0) is 29.4. The van der Waals surface area contributed by atoms with Crippen LogP contribution in [0.5, 0.6) is 0 Å². The number of fused-ring (bicyclic) bond motifs is 2. The standard InChI is InChI=1S/C36H34N2O2S2/c1-5-7-9-19(3)37-33(39)25-15-11-21-22-12-16-26-32-28(36(42)38(34(26)40)20(4)10-8-6-2)18-14-24(30(22)32)23-13-17-27(35(37)41)31(25)29(21)23/h11-20H,5-10H2,1-4H3/t19-,20-/m0/s1. The van der Waals surface area contributed by atoms with Gasteiger partial charge in [0, 0.05) is 45.1 Å². The van der Waals surface area contributed by atoms with E-state index in [2.05, 4.69) is 64.1 Å². The number of rotatable bonds is 8. The summed E-state index contributed by atoms with van der Waals surface area (Å²) in [4.78, 5) is 32.7. The van der Waals surface area contributed by atoms with Crippen molar-refractivity contribution in [3.8, 4) is 0 Å². The van der Waals surface area contributed by atoms with Gasteiger partial charge >= 0.3 is 0 Å². The molecule has 0 radical (unpaired) electrons. The first kappa shape index (κ1) is 27.4. The Morgan fingerprint density at radius 1 is 0.548 bits per heavy atom. The highest BCUT2D eigenvalue weighted by atomic mass is 32.1. The number of unbranched alkanes of at least 4 members (excludes halogenated alkanes) is 2. The van der Waals surface area contributed by atoms with Crippen LogP contribution in [0.1, 0.15) is 98.1 Å². The van der Waals surface area contributed by atoms with Gasteiger partial charge in [-0.05, 0) is 71.1 Å². The van der Waals surface area contributed by atoms with E-state index in [1.807, 2.05) is 21.9 Å². The number of amides is 2. The monoisotopic (exact) mass is 590 g/mol. The maximum atomic E-state index is 13.9. The van der Waals surface area contributed by atoms with Gasteiger partial charge in [0.2, 0.25) is 0 Å². The van der Waals surface area contributed by atoms with Crippen molar-refractivity contribution in [2.75, 3.05) is 0 Å². The third kappa shape index (κ3) is 3.64. The molecule has 5 aromatic rings. The van der Waals surface area contributed by atoms with Crippen LogP contribution in [0.15, 0.2) is 48.5 Å². The zero-order valence-electron chi connectivity index (χ0n) is 24.5. The summed E-state index contributed by atoms with van der Waals surface area (Å²) >= 11 is 12.0. The first-order valence-electron chi connectivity index (χ1n) is 15.3. The molecule has 0 bridgehead atoms. The maximum absolute atomic E-state index is 13.9. The van der Waals surface area contributed by atoms with Crippen LogP contribution >= 0.6 is 24.4 Å². The average molecular weight is 591 g/mol. The van der Waals surface area contributed by atoms with Gasteiger partial charge in [-0.2, -0.15) is 0 Å². The Morgan fingerprint density at radius 3 is 1.21 bits per heavy atom. The third-order valence-corrected chi connectivity index (χ3v) is 10.4. The number of hydrogen-bond acceptors (Lipinski definition) is 4. The van der Waals surface area contributed by atoms with Crippen LogP contribution in [0.3, 0.4) is 0 Å². The van der Waals surface area contributed by atoms with Gasteiger partial charge in [0.25, 0.3) is 11.8 Å². The molecule has 212 valence electrons. The van der Waals surface area contributed by atoms with Crippen molar-refractivity contribution in [2.45, 2.75) is 78.3 Å². The second-order valence-electron chi connectivity index (χ2n) is 12.1. The lowest BCUT2D eigenvalue weighted by molar-refractivity contribution is 0.0799. The van der Waals surface area contributed by atoms with E-state index in [1.165, 1.54) is 0 Å². The average Bonchev–Trinajstić information content (AvgIpc) is 2.99. The zero-order valence-corrected chi connectivity index (χ0v) is 26.2. The molecule has 2 atom stereocenters. The van der Waals surface area contributed by atoms with Gasteiger partial charge in [0.15, 0.2) is 0 Å². The summed E-state index contributed by atoms with van der Waals surface area (Å²) < 4.78 is 0. The highest BCUT2D eigenvalue weighted by Crippen LogP contribution is 2.46. The summed E-state index contributed by atoms with van der Waals surface area (Å²) in [5, 5.41) is 8.31. The van der Waals surface area contributed by atoms with Crippen LogP contribution in [0.2, 0.25) is 0 Å². The molecule has 2 aliphatic heterocycles. The number of carbonyl (C=O) groups is 2. The van der Waals surface area contributed by atoms with Crippen molar-refractivity contribution >= 4 is 89.3 Å². The van der Waals surface area contributed by atoms with Crippen molar-refractivity contribution in [3.05, 3.63) is 70.8 Å². The topological polar surface area (TPSA) is 40.6 Å². The Hall–Kier alpha value is -3.48. The second-order valence-corrected chi connectivity index (χ2v) is 12.9. The Morgan fingerprint density at radius 2 is 0.881 bits per heavy atom. The molecule has 0 aliphatic carbocycles. The number of benzene rings is 5. The molecule has 0 unspecified atom stereocenters. The minimum atomic E-state index is -0.0101. The van der Waals surface area contributed by atoms with Gasteiger partial charge in [0.1, 0.15) is 9.98 Å². The Kier molecular flexibility index (Phi) is 6.55. The van der Waals surface area contributed by atoms with Crippen LogP contribution in [0, 0.1) is 0 Å². The number of thiocarbonyl (C=S) groups is 2. The molecule has 5 aromatic carbocycles. The van der Waals surface area contributed by atoms with Crippen LogP contribution < -0.4 is 0 Å². The molecule has 0 fully saturated rings. The van der Waals surface area contributed by atoms with Crippen LogP contribution in [-0.2, 0) is 0 Å². The lowest BCUT2D eigenvalue weighted by Gasteiger charge is -2.36. The van der Waals surface area contributed by atoms with E-state index in [0.717, 1.165) is 92.7 Å². The van der Waals surface area contributed by atoms with Gasteiger partial charge in [-0.3, -0.25) is 19.4 Å². The van der Waals surface area contributed by atoms with Gasteiger partial charge in [-0.1, -0.05) is 100 Å². The Labute approximate surface area is 257 Å². The lowest BCUT2D eigenvalue weighted by atomic mass is 9.82. The fourth-order valence-electron chi connectivity index (χ4n) is 7.36. The number of hydrogen-bond donors (Lipinski definition) is 0. The Balaban J connectivity index is 1.47. The molecule has 2 amide bonds. The van der Waals surface area contributed by atoms with Crippen molar-refractivity contribution in [2.24, 2.45) is 0 Å². The molecule has 0 saturated heterocycles. The lowest BCUT2D eigenvalue weighted by Crippen LogP contribution is -2.45. The third-order valence-electron chi connectivity index (χ3n) is 9.53. The number of nitrogens with zero attached hydrogens (tertiary/aromatic N) is 2. The summed E-state index contributed by atoms with van der Waals surface area (Å²) in [6, 6.07) is 16.7. The first-order chi connectivity index (χ1) is 20.3. The molecule has 6 heteroatoms. The van der Waals surface area contributed by atoms with E-state index in [4.69, 9.17) is 24.4 Å². The fraction of sp³-hybridized carbons (Fsp3) is 0.333. The molecule has 2 heterocycles. The molecule has 2 aliphatic rings. The van der Waals surface area contributed by atoms with Crippen molar-refractivity contribution < 1.29 is 9.59 Å². The SMILES string of the molecule is CCCC[C@H](C)N1C(=O)c2ccc3c4ccc5c6c(ccc(c7ccc(c2c37)C1=S)c64)C(=S)N([C@@H](C)CCCC)C5=O. The molecule has 0 N–H and O–H groups in total. The van der Waals surface area contributed by atoms with Gasteiger partial charge < -0.3 is 0 Å². The predicted octanol–water partition coefficient (Wildman–Crippen LogP) is 9.16. The molecule has 7 rings (SSSR count). The minimum absolute atomic E-state index is 0.0101. The summed E-state index contributed by atoms with van der Waals surface area (Å²) in [6.07, 6.45) is 6.12. The van der Waals surface area contributed by atoms with E-state index in [0.29, 0.717) is 21.1 Å². The van der Waals surface area contributed by atoms with E-state index < -0.39 is 0 Å². The summed E-state index contributed by atoms with van der Waals surface area (Å²) in [5.41, 5.74) is 3.32. The summed E-state index contributed by atoms with van der Waals surface area (Å²) in [6.45, 7) is 8.53. The van der Waals surface area contributed by atoms with Crippen LogP contribution in [0.4, 0.5) is 0 Å². The van der Waals surface area contributed by atoms with E-state index >= 15 is 0 Å². The molecule has 0 aromatic heterocycles. The van der Waals surface area contributed by atoms with Crippen LogP contribution in [-0.4, -0.2) is 43.7 Å². The van der Waals surface area contributed by atoms with Gasteiger partial charge in [-0.15, -0.1) is 0 Å². The van der Waals surface area contributed by atoms with Gasteiger partial charge in [0.05, 0.1) is 0 Å². The molecular formula is C36H34N2O2S2. The first-order valence-corrected chi connectivity index (χ1v) is 16.1. The molecule has 4 nitrogen and oxygen atoms in total. The molecule has 0 saturated carbocycles. The normalized spacial score (nSPS) is 16.6. The highest BCUT2D eigenvalue weighted by molar-refractivity contribution is 7.81. The molecule has 0 spiro atoms. The Bertz CT molecular complexity index is 1730.